The molecule has 0 saturated carbocycles. The second-order valence-corrected chi connectivity index (χ2v) is 9.64. The summed E-state index contributed by atoms with van der Waals surface area (Å²) in [6.07, 6.45) is 1.90. The van der Waals surface area contributed by atoms with E-state index in [1.807, 2.05) is 26.0 Å². The van der Waals surface area contributed by atoms with E-state index >= 15 is 0 Å². The summed E-state index contributed by atoms with van der Waals surface area (Å²) in [7, 11) is 0. The van der Waals surface area contributed by atoms with Crippen LogP contribution in [0.1, 0.15) is 54.4 Å². The van der Waals surface area contributed by atoms with Crippen molar-refractivity contribution < 1.29 is 24.2 Å². The fourth-order valence-corrected chi connectivity index (χ4v) is 4.72. The van der Waals surface area contributed by atoms with Gasteiger partial charge in [0.25, 0.3) is 5.78 Å². The minimum absolute atomic E-state index is 0.0150. The van der Waals surface area contributed by atoms with Crippen molar-refractivity contribution >= 4 is 33.9 Å². The van der Waals surface area contributed by atoms with E-state index < -0.39 is 17.7 Å². The fraction of sp³-hybridized carbons (Fsp3) is 0.333. The average molecular weight is 508 g/mol. The lowest BCUT2D eigenvalue weighted by Crippen LogP contribution is -2.29. The van der Waals surface area contributed by atoms with Crippen molar-refractivity contribution in [2.24, 2.45) is 0 Å². The molecule has 0 bridgehead atoms. The molecule has 1 atom stereocenters. The number of benzene rings is 2. The lowest BCUT2D eigenvalue weighted by Gasteiger charge is -2.23. The second-order valence-electron chi connectivity index (χ2n) is 8.48. The Hall–Kier alpha value is -3.72. The predicted molar refractivity (Wildman–Crippen MR) is 139 cm³/mol. The van der Waals surface area contributed by atoms with Crippen molar-refractivity contribution in [1.82, 2.24) is 10.2 Å². The van der Waals surface area contributed by atoms with Crippen molar-refractivity contribution in [2.75, 3.05) is 18.1 Å². The highest BCUT2D eigenvalue weighted by atomic mass is 32.1. The first-order valence-corrected chi connectivity index (χ1v) is 12.7. The van der Waals surface area contributed by atoms with Crippen molar-refractivity contribution in [3.8, 4) is 11.5 Å². The number of unbranched alkanes of at least 4 members (excludes halogenated alkanes) is 1. The minimum atomic E-state index is -0.914. The van der Waals surface area contributed by atoms with Gasteiger partial charge < -0.3 is 14.6 Å². The van der Waals surface area contributed by atoms with Crippen LogP contribution in [0.5, 0.6) is 11.5 Å². The summed E-state index contributed by atoms with van der Waals surface area (Å²) >= 11 is 1.20. The van der Waals surface area contributed by atoms with Crippen molar-refractivity contribution in [3.63, 3.8) is 0 Å². The third kappa shape index (κ3) is 4.97. The molecule has 2 heterocycles. The summed E-state index contributed by atoms with van der Waals surface area (Å²) in [5.74, 6) is -0.724. The fourth-order valence-electron chi connectivity index (χ4n) is 4.00. The molecule has 0 aliphatic carbocycles. The number of aliphatic hydroxyl groups is 1. The summed E-state index contributed by atoms with van der Waals surface area (Å²) in [6.45, 7) is 8.62. The number of nitrogens with zero attached hydrogens (tertiary/aromatic N) is 3. The topological polar surface area (TPSA) is 102 Å². The zero-order valence-electron chi connectivity index (χ0n) is 20.8. The molecule has 9 heteroatoms. The third-order valence-corrected chi connectivity index (χ3v) is 6.67. The van der Waals surface area contributed by atoms with Crippen LogP contribution in [0.25, 0.3) is 5.76 Å². The molecule has 1 N–H and O–H groups in total. The van der Waals surface area contributed by atoms with E-state index in [0.29, 0.717) is 40.8 Å². The average Bonchev–Trinajstić information content (AvgIpc) is 3.40. The van der Waals surface area contributed by atoms with Gasteiger partial charge in [0, 0.05) is 5.56 Å². The van der Waals surface area contributed by atoms with Gasteiger partial charge in [-0.25, -0.2) is 0 Å². The molecule has 1 aliphatic rings. The molecule has 1 fully saturated rings. The maximum Gasteiger partial charge on any atom is 0.301 e. The number of carbonyl (C=O) groups is 2. The van der Waals surface area contributed by atoms with E-state index in [4.69, 9.17) is 9.47 Å². The zero-order valence-corrected chi connectivity index (χ0v) is 21.6. The van der Waals surface area contributed by atoms with Gasteiger partial charge in [-0.05, 0) is 44.9 Å². The highest BCUT2D eigenvalue weighted by molar-refractivity contribution is 7.15. The SMILES string of the molecule is CCCCOc1ccc(C2C(=C(O)c3ccc(C)cc3)C(=O)C(=O)N2c2nnc(C)s2)cc1OCC. The van der Waals surface area contributed by atoms with Crippen LogP contribution in [0.2, 0.25) is 0 Å². The molecule has 1 aliphatic heterocycles. The van der Waals surface area contributed by atoms with Gasteiger partial charge in [-0.15, -0.1) is 10.2 Å². The number of carbonyl (C=O) groups excluding carboxylic acids is 2. The first-order valence-electron chi connectivity index (χ1n) is 11.9. The van der Waals surface area contributed by atoms with E-state index in [-0.39, 0.29) is 16.5 Å². The van der Waals surface area contributed by atoms with Gasteiger partial charge in [-0.3, -0.25) is 14.5 Å². The van der Waals surface area contributed by atoms with E-state index in [1.54, 1.807) is 37.3 Å². The lowest BCUT2D eigenvalue weighted by atomic mass is 9.95. The second kappa shape index (κ2) is 10.9. The first kappa shape index (κ1) is 25.4. The molecule has 1 saturated heterocycles. The van der Waals surface area contributed by atoms with Crippen LogP contribution in [-0.4, -0.2) is 40.2 Å². The Morgan fingerprint density at radius 3 is 2.42 bits per heavy atom. The number of hydrogen-bond donors (Lipinski definition) is 1. The predicted octanol–water partition coefficient (Wildman–Crippen LogP) is 5.36. The summed E-state index contributed by atoms with van der Waals surface area (Å²) in [4.78, 5) is 27.9. The number of rotatable bonds is 9. The number of Topliss-reactive ketones (excluding diaryl/α,β-unsaturated/α-hetero) is 1. The van der Waals surface area contributed by atoms with E-state index in [9.17, 15) is 14.7 Å². The maximum absolute atomic E-state index is 13.3. The van der Waals surface area contributed by atoms with Crippen molar-refractivity contribution in [1.29, 1.82) is 0 Å². The minimum Gasteiger partial charge on any atom is -0.507 e. The Labute approximate surface area is 214 Å². The van der Waals surface area contributed by atoms with Gasteiger partial charge in [0.15, 0.2) is 11.5 Å². The number of amides is 1. The molecular formula is C27H29N3O5S. The quantitative estimate of drug-likeness (QED) is 0.180. The van der Waals surface area contributed by atoms with Crippen LogP contribution < -0.4 is 14.4 Å². The Balaban J connectivity index is 1.88. The third-order valence-electron chi connectivity index (χ3n) is 5.83. The summed E-state index contributed by atoms with van der Waals surface area (Å²) < 4.78 is 11.7. The first-order chi connectivity index (χ1) is 17.3. The molecule has 3 aromatic rings. The molecule has 1 aromatic heterocycles. The van der Waals surface area contributed by atoms with Crippen LogP contribution >= 0.6 is 11.3 Å². The van der Waals surface area contributed by atoms with Crippen molar-refractivity contribution in [3.05, 3.63) is 69.7 Å². The molecule has 8 nitrogen and oxygen atoms in total. The Bertz CT molecular complexity index is 1300. The number of aliphatic hydroxyl groups excluding tert-OH is 1. The molecule has 0 radical (unpaired) electrons. The van der Waals surface area contributed by atoms with E-state index in [1.165, 1.54) is 16.2 Å². The standard InChI is InChI=1S/C27H29N3O5S/c1-5-7-14-35-20-13-12-19(15-21(20)34-6-2)23-22(24(31)18-10-8-16(3)9-11-18)25(32)26(33)30(23)27-29-28-17(4)36-27/h8-13,15,23,31H,5-7,14H2,1-4H3. The number of aromatic nitrogens is 2. The molecule has 1 unspecified atom stereocenters. The summed E-state index contributed by atoms with van der Waals surface area (Å²) in [5.41, 5.74) is 2.02. The van der Waals surface area contributed by atoms with Crippen LogP contribution in [0.3, 0.4) is 0 Å². The molecule has 4 rings (SSSR count). The van der Waals surface area contributed by atoms with Crippen LogP contribution in [0, 0.1) is 13.8 Å². The Kier molecular flexibility index (Phi) is 7.69. The van der Waals surface area contributed by atoms with Gasteiger partial charge in [-0.2, -0.15) is 0 Å². The monoisotopic (exact) mass is 507 g/mol. The summed E-state index contributed by atoms with van der Waals surface area (Å²) in [5, 5.41) is 20.3. The molecule has 36 heavy (non-hydrogen) atoms. The van der Waals surface area contributed by atoms with E-state index in [2.05, 4.69) is 17.1 Å². The zero-order chi connectivity index (χ0) is 25.8. The number of hydrogen-bond acceptors (Lipinski definition) is 8. The van der Waals surface area contributed by atoms with Gasteiger partial charge in [0.05, 0.1) is 24.8 Å². The largest absolute Gasteiger partial charge is 0.507 e. The Morgan fingerprint density at radius 2 is 1.78 bits per heavy atom. The van der Waals surface area contributed by atoms with Gasteiger partial charge in [0.2, 0.25) is 5.13 Å². The number of ketones is 1. The number of ether oxygens (including phenoxy) is 2. The smallest absolute Gasteiger partial charge is 0.301 e. The normalized spacial score (nSPS) is 17.0. The van der Waals surface area contributed by atoms with Crippen LogP contribution in [-0.2, 0) is 9.59 Å². The van der Waals surface area contributed by atoms with Crippen molar-refractivity contribution in [2.45, 2.75) is 46.6 Å². The molecule has 2 aromatic carbocycles. The summed E-state index contributed by atoms with van der Waals surface area (Å²) in [6, 6.07) is 11.5. The molecule has 1 amide bonds. The highest BCUT2D eigenvalue weighted by Crippen LogP contribution is 2.44. The number of aryl methyl sites for hydroxylation is 2. The molecule has 0 spiro atoms. The molecular weight excluding hydrogens is 478 g/mol. The van der Waals surface area contributed by atoms with Crippen LogP contribution in [0.15, 0.2) is 48.0 Å². The van der Waals surface area contributed by atoms with E-state index in [0.717, 1.165) is 18.4 Å². The van der Waals surface area contributed by atoms with Crippen LogP contribution in [0.4, 0.5) is 5.13 Å². The van der Waals surface area contributed by atoms with Gasteiger partial charge in [-0.1, -0.05) is 60.6 Å². The maximum atomic E-state index is 13.3. The van der Waals surface area contributed by atoms with Gasteiger partial charge >= 0.3 is 5.91 Å². The van der Waals surface area contributed by atoms with Gasteiger partial charge in [0.1, 0.15) is 10.8 Å². The lowest BCUT2D eigenvalue weighted by molar-refractivity contribution is -0.132. The highest BCUT2D eigenvalue weighted by Gasteiger charge is 2.48. The number of anilines is 1. The molecule has 188 valence electrons. The Morgan fingerprint density at radius 1 is 1.03 bits per heavy atom.